The topological polar surface area (TPSA) is 58.6 Å². The number of nitrogens with one attached hydrogen (secondary N) is 1. The number of benzene rings is 1. The Kier molecular flexibility index (Phi) is 5.06. The van der Waals surface area contributed by atoms with E-state index >= 15 is 0 Å². The zero-order valence-corrected chi connectivity index (χ0v) is 14.0. The Labute approximate surface area is 128 Å². The van der Waals surface area contributed by atoms with Crippen LogP contribution in [0, 0.1) is 0 Å². The van der Waals surface area contributed by atoms with E-state index in [1.54, 1.807) is 25.2 Å². The SMILES string of the molecule is CCOc1ccc(S(=O)(=O)N(C)C2CCNC2)cc1Br. The molecule has 0 aliphatic carbocycles. The molecule has 1 heterocycles. The maximum atomic E-state index is 12.6. The zero-order valence-electron chi connectivity index (χ0n) is 11.6. The Hall–Kier alpha value is -0.630. The first-order valence-corrected chi connectivity index (χ1v) is 8.81. The maximum Gasteiger partial charge on any atom is 0.243 e. The molecule has 2 rings (SSSR count). The summed E-state index contributed by atoms with van der Waals surface area (Å²) in [6.45, 7) is 3.99. The molecule has 0 amide bonds. The van der Waals surface area contributed by atoms with Crippen LogP contribution in [0.5, 0.6) is 5.75 Å². The summed E-state index contributed by atoms with van der Waals surface area (Å²) in [5.74, 6) is 0.650. The standard InChI is InChI=1S/C13H19BrN2O3S/c1-3-19-13-5-4-11(8-12(13)14)20(17,18)16(2)10-6-7-15-9-10/h4-5,8,10,15H,3,6-7,9H2,1-2H3. The summed E-state index contributed by atoms with van der Waals surface area (Å²) in [4.78, 5) is 0.280. The van der Waals surface area contributed by atoms with Crippen molar-refractivity contribution in [3.05, 3.63) is 22.7 Å². The zero-order chi connectivity index (χ0) is 14.8. The number of likely N-dealkylation sites (N-methyl/N-ethyl adjacent to an activating group) is 1. The van der Waals surface area contributed by atoms with Gasteiger partial charge in [-0.1, -0.05) is 0 Å². The third-order valence-electron chi connectivity index (χ3n) is 3.43. The van der Waals surface area contributed by atoms with Crippen molar-refractivity contribution in [3.63, 3.8) is 0 Å². The summed E-state index contributed by atoms with van der Waals surface area (Å²) >= 11 is 3.35. The van der Waals surface area contributed by atoms with Crippen molar-refractivity contribution in [2.45, 2.75) is 24.3 Å². The largest absolute Gasteiger partial charge is 0.493 e. The Morgan fingerprint density at radius 2 is 2.25 bits per heavy atom. The first-order chi connectivity index (χ1) is 9.46. The number of hydrogen-bond acceptors (Lipinski definition) is 4. The van der Waals surface area contributed by atoms with Gasteiger partial charge in [-0.2, -0.15) is 4.31 Å². The second-order valence-electron chi connectivity index (χ2n) is 4.69. The normalized spacial score (nSPS) is 19.5. The highest BCUT2D eigenvalue weighted by Crippen LogP contribution is 2.29. The van der Waals surface area contributed by atoms with Gasteiger partial charge >= 0.3 is 0 Å². The Balaban J connectivity index is 2.27. The molecule has 1 atom stereocenters. The monoisotopic (exact) mass is 362 g/mol. The van der Waals surface area contributed by atoms with Gasteiger partial charge in [0.05, 0.1) is 16.0 Å². The molecule has 1 aromatic carbocycles. The third-order valence-corrected chi connectivity index (χ3v) is 5.95. The number of hydrogen-bond donors (Lipinski definition) is 1. The van der Waals surface area contributed by atoms with Crippen LogP contribution in [0.25, 0.3) is 0 Å². The maximum absolute atomic E-state index is 12.6. The summed E-state index contributed by atoms with van der Waals surface area (Å²) in [7, 11) is -1.83. The predicted octanol–water partition coefficient (Wildman–Crippen LogP) is 1.83. The van der Waals surface area contributed by atoms with Crippen molar-refractivity contribution in [2.75, 3.05) is 26.7 Å². The van der Waals surface area contributed by atoms with E-state index in [1.807, 2.05) is 6.92 Å². The third kappa shape index (κ3) is 3.16. The van der Waals surface area contributed by atoms with Gasteiger partial charge in [0.25, 0.3) is 0 Å². The molecule has 0 spiro atoms. The average molecular weight is 363 g/mol. The number of rotatable bonds is 5. The van der Waals surface area contributed by atoms with Gasteiger partial charge in [-0.05, 0) is 54.0 Å². The molecule has 1 N–H and O–H groups in total. The summed E-state index contributed by atoms with van der Waals surface area (Å²) in [5.41, 5.74) is 0. The van der Waals surface area contributed by atoms with Gasteiger partial charge in [-0.25, -0.2) is 8.42 Å². The van der Waals surface area contributed by atoms with Gasteiger partial charge in [0.15, 0.2) is 0 Å². The van der Waals surface area contributed by atoms with E-state index in [-0.39, 0.29) is 10.9 Å². The predicted molar refractivity (Wildman–Crippen MR) is 81.5 cm³/mol. The van der Waals surface area contributed by atoms with Gasteiger partial charge in [0.1, 0.15) is 5.75 Å². The van der Waals surface area contributed by atoms with Crippen LogP contribution >= 0.6 is 15.9 Å². The quantitative estimate of drug-likeness (QED) is 0.867. The lowest BCUT2D eigenvalue weighted by Crippen LogP contribution is -2.38. The summed E-state index contributed by atoms with van der Waals surface area (Å²) in [6.07, 6.45) is 0.841. The van der Waals surface area contributed by atoms with E-state index in [0.717, 1.165) is 13.0 Å². The molecule has 0 bridgehead atoms. The average Bonchev–Trinajstić information content (AvgIpc) is 2.94. The van der Waals surface area contributed by atoms with Crippen molar-refractivity contribution < 1.29 is 13.2 Å². The molecule has 1 saturated heterocycles. The Morgan fingerprint density at radius 3 is 2.80 bits per heavy atom. The molecule has 20 heavy (non-hydrogen) atoms. The molecular weight excluding hydrogens is 344 g/mol. The van der Waals surface area contributed by atoms with Crippen molar-refractivity contribution in [3.8, 4) is 5.75 Å². The molecule has 5 nitrogen and oxygen atoms in total. The number of nitrogens with zero attached hydrogens (tertiary/aromatic N) is 1. The lowest BCUT2D eigenvalue weighted by atomic mass is 10.3. The van der Waals surface area contributed by atoms with Gasteiger partial charge < -0.3 is 10.1 Å². The minimum Gasteiger partial charge on any atom is -0.493 e. The summed E-state index contributed by atoms with van der Waals surface area (Å²) < 4.78 is 32.7. The van der Waals surface area contributed by atoms with E-state index in [9.17, 15) is 8.42 Å². The lowest BCUT2D eigenvalue weighted by Gasteiger charge is -2.23. The summed E-state index contributed by atoms with van der Waals surface area (Å²) in [5, 5.41) is 3.18. The molecular formula is C13H19BrN2O3S. The van der Waals surface area contributed by atoms with Gasteiger partial charge in [0.2, 0.25) is 10.0 Å². The van der Waals surface area contributed by atoms with Crippen molar-refractivity contribution in [1.82, 2.24) is 9.62 Å². The molecule has 1 unspecified atom stereocenters. The van der Waals surface area contributed by atoms with E-state index in [4.69, 9.17) is 4.74 Å². The number of halogens is 1. The van der Waals surface area contributed by atoms with Crippen LogP contribution in [-0.4, -0.2) is 45.5 Å². The van der Waals surface area contributed by atoms with E-state index in [0.29, 0.717) is 23.4 Å². The first-order valence-electron chi connectivity index (χ1n) is 6.58. The van der Waals surface area contributed by atoms with Gasteiger partial charge in [-0.15, -0.1) is 0 Å². The Morgan fingerprint density at radius 1 is 1.50 bits per heavy atom. The molecule has 0 radical (unpaired) electrons. The highest BCUT2D eigenvalue weighted by Gasteiger charge is 2.30. The van der Waals surface area contributed by atoms with E-state index < -0.39 is 10.0 Å². The van der Waals surface area contributed by atoms with Crippen LogP contribution < -0.4 is 10.1 Å². The fourth-order valence-electron chi connectivity index (χ4n) is 2.23. The smallest absolute Gasteiger partial charge is 0.243 e. The molecule has 0 aromatic heterocycles. The molecule has 1 aromatic rings. The fraction of sp³-hybridized carbons (Fsp3) is 0.538. The highest BCUT2D eigenvalue weighted by molar-refractivity contribution is 9.10. The molecule has 1 aliphatic rings. The van der Waals surface area contributed by atoms with Crippen LogP contribution in [0.1, 0.15) is 13.3 Å². The Bertz CT molecular complexity index is 571. The molecule has 7 heteroatoms. The van der Waals surface area contributed by atoms with Crippen LogP contribution in [0.3, 0.4) is 0 Å². The van der Waals surface area contributed by atoms with Crippen LogP contribution in [-0.2, 0) is 10.0 Å². The van der Waals surface area contributed by atoms with Gasteiger partial charge in [0, 0.05) is 19.6 Å². The van der Waals surface area contributed by atoms with Crippen LogP contribution in [0.15, 0.2) is 27.6 Å². The number of sulfonamides is 1. The second-order valence-corrected chi connectivity index (χ2v) is 7.54. The van der Waals surface area contributed by atoms with Gasteiger partial charge in [-0.3, -0.25) is 0 Å². The van der Waals surface area contributed by atoms with Crippen molar-refractivity contribution in [2.24, 2.45) is 0 Å². The molecule has 0 saturated carbocycles. The first kappa shape index (κ1) is 15.8. The van der Waals surface area contributed by atoms with E-state index in [2.05, 4.69) is 21.2 Å². The van der Waals surface area contributed by atoms with E-state index in [1.165, 1.54) is 4.31 Å². The highest BCUT2D eigenvalue weighted by atomic mass is 79.9. The van der Waals surface area contributed by atoms with Crippen LogP contribution in [0.4, 0.5) is 0 Å². The fourth-order valence-corrected chi connectivity index (χ4v) is 4.28. The van der Waals surface area contributed by atoms with Crippen molar-refractivity contribution >= 4 is 26.0 Å². The molecule has 1 fully saturated rings. The summed E-state index contributed by atoms with van der Waals surface area (Å²) in [6, 6.07) is 4.88. The minimum atomic E-state index is -3.47. The number of ether oxygens (including phenoxy) is 1. The second kappa shape index (κ2) is 6.43. The minimum absolute atomic E-state index is 0.0188. The molecule has 112 valence electrons. The lowest BCUT2D eigenvalue weighted by molar-refractivity contribution is 0.337. The van der Waals surface area contributed by atoms with Crippen molar-refractivity contribution in [1.29, 1.82) is 0 Å². The molecule has 1 aliphatic heterocycles. The van der Waals surface area contributed by atoms with Crippen LogP contribution in [0.2, 0.25) is 0 Å².